The Kier molecular flexibility index (Phi) is 5.17. The number of nitrogens with zero attached hydrogens (tertiary/aromatic N) is 3. The Morgan fingerprint density at radius 1 is 1.33 bits per heavy atom. The average Bonchev–Trinajstić information content (AvgIpc) is 3.20. The molecule has 0 saturated heterocycles. The summed E-state index contributed by atoms with van der Waals surface area (Å²) >= 11 is 1.72. The Morgan fingerprint density at radius 2 is 2.04 bits per heavy atom. The third kappa shape index (κ3) is 3.04. The summed E-state index contributed by atoms with van der Waals surface area (Å²) in [6.45, 7) is 3.46. The molecule has 1 N–H and O–H groups in total. The predicted molar refractivity (Wildman–Crippen MR) is 100 cm³/mol. The second kappa shape index (κ2) is 7.33. The molecule has 1 unspecified atom stereocenters. The van der Waals surface area contributed by atoms with Crippen LogP contribution in [-0.2, 0) is 0 Å². The van der Waals surface area contributed by atoms with Crippen LogP contribution in [0.3, 0.4) is 0 Å². The predicted octanol–water partition coefficient (Wildman–Crippen LogP) is 4.84. The minimum atomic E-state index is -0.547. The molecule has 24 heavy (non-hydrogen) atoms. The van der Waals surface area contributed by atoms with E-state index in [1.165, 1.54) is 36.8 Å². The number of imidazole rings is 1. The van der Waals surface area contributed by atoms with Gasteiger partial charge in [0.05, 0.1) is 21.9 Å². The molecule has 126 valence electrons. The van der Waals surface area contributed by atoms with Gasteiger partial charge in [0, 0.05) is 6.04 Å². The van der Waals surface area contributed by atoms with Crippen LogP contribution >= 0.6 is 11.3 Å². The molecule has 1 atom stereocenters. The van der Waals surface area contributed by atoms with Gasteiger partial charge >= 0.3 is 0 Å². The number of thiophene rings is 1. The summed E-state index contributed by atoms with van der Waals surface area (Å²) in [5.41, 5.74) is 3.10. The summed E-state index contributed by atoms with van der Waals surface area (Å²) in [5.74, 6) is 3.04. The van der Waals surface area contributed by atoms with E-state index in [1.807, 2.05) is 6.20 Å². The maximum Gasteiger partial charge on any atom is 0.138 e. The fraction of sp³-hybridized carbons (Fsp3) is 0.474. The van der Waals surface area contributed by atoms with Crippen molar-refractivity contribution >= 4 is 32.6 Å². The van der Waals surface area contributed by atoms with Crippen molar-refractivity contribution in [2.45, 2.75) is 58.1 Å². The highest BCUT2D eigenvalue weighted by Gasteiger charge is 2.25. The number of rotatable bonds is 2. The van der Waals surface area contributed by atoms with Gasteiger partial charge in [-0.2, -0.15) is 0 Å². The second-order valence-electron chi connectivity index (χ2n) is 6.22. The smallest absolute Gasteiger partial charge is 0.138 e. The lowest BCUT2D eigenvalue weighted by molar-refractivity contribution is 0.178. The van der Waals surface area contributed by atoms with Gasteiger partial charge in [0.15, 0.2) is 0 Å². The van der Waals surface area contributed by atoms with Crippen LogP contribution in [0.15, 0.2) is 17.6 Å². The molecule has 3 aromatic heterocycles. The maximum atomic E-state index is 10.2. The number of fused-ring (bicyclic) bond motifs is 3. The fourth-order valence-corrected chi connectivity index (χ4v) is 4.39. The van der Waals surface area contributed by atoms with Crippen molar-refractivity contribution in [3.63, 3.8) is 0 Å². The van der Waals surface area contributed by atoms with Crippen molar-refractivity contribution in [2.75, 3.05) is 0 Å². The molecule has 0 aliphatic heterocycles. The molecule has 3 heterocycles. The zero-order valence-electron chi connectivity index (χ0n) is 14.2. The van der Waals surface area contributed by atoms with Gasteiger partial charge in [-0.15, -0.1) is 23.7 Å². The molecule has 3 aromatic rings. The highest BCUT2D eigenvalue weighted by atomic mass is 32.1. The third-order valence-electron chi connectivity index (χ3n) is 4.46. The first-order valence-corrected chi connectivity index (χ1v) is 9.34. The fourth-order valence-electron chi connectivity index (χ4n) is 3.50. The molecule has 1 saturated carbocycles. The SMILES string of the molecule is C#CC.CC(O)c1nc2cnc3ccsc3c2n1C1CCCCC1. The number of hydrogen-bond acceptors (Lipinski definition) is 4. The van der Waals surface area contributed by atoms with Gasteiger partial charge in [-0.25, -0.2) is 4.98 Å². The minimum absolute atomic E-state index is 0.459. The maximum absolute atomic E-state index is 10.2. The van der Waals surface area contributed by atoms with Crippen LogP contribution in [0.2, 0.25) is 0 Å². The van der Waals surface area contributed by atoms with E-state index in [-0.39, 0.29) is 0 Å². The molecule has 0 bridgehead atoms. The number of aliphatic hydroxyl groups excluding tert-OH is 1. The molecule has 0 radical (unpaired) electrons. The average molecular weight is 341 g/mol. The van der Waals surface area contributed by atoms with E-state index in [2.05, 4.69) is 38.3 Å². The lowest BCUT2D eigenvalue weighted by atomic mass is 9.95. The molecular formula is C19H23N3OS. The summed E-state index contributed by atoms with van der Waals surface area (Å²) in [6.07, 6.45) is 12.1. The lowest BCUT2D eigenvalue weighted by Gasteiger charge is -2.26. The Morgan fingerprint density at radius 3 is 2.71 bits per heavy atom. The first kappa shape index (κ1) is 16.9. The van der Waals surface area contributed by atoms with Gasteiger partial charge in [0.1, 0.15) is 17.4 Å². The summed E-state index contributed by atoms with van der Waals surface area (Å²) in [7, 11) is 0. The molecule has 1 fully saturated rings. The van der Waals surface area contributed by atoms with E-state index in [0.717, 1.165) is 22.4 Å². The van der Waals surface area contributed by atoms with Gasteiger partial charge in [-0.05, 0) is 38.1 Å². The Hall–Kier alpha value is -1.90. The number of pyridine rings is 1. The van der Waals surface area contributed by atoms with E-state index in [1.54, 1.807) is 25.2 Å². The first-order chi connectivity index (χ1) is 11.7. The number of aromatic nitrogens is 3. The molecule has 4 nitrogen and oxygen atoms in total. The molecule has 4 rings (SSSR count). The van der Waals surface area contributed by atoms with Crippen LogP contribution in [0.25, 0.3) is 21.3 Å². The molecule has 5 heteroatoms. The largest absolute Gasteiger partial charge is 0.385 e. The van der Waals surface area contributed by atoms with Gasteiger partial charge in [0.25, 0.3) is 0 Å². The van der Waals surface area contributed by atoms with E-state index in [9.17, 15) is 5.11 Å². The van der Waals surface area contributed by atoms with Crippen LogP contribution in [0.1, 0.15) is 63.9 Å². The minimum Gasteiger partial charge on any atom is -0.385 e. The van der Waals surface area contributed by atoms with E-state index < -0.39 is 6.10 Å². The summed E-state index contributed by atoms with van der Waals surface area (Å²) in [5, 5.41) is 12.2. The summed E-state index contributed by atoms with van der Waals surface area (Å²) < 4.78 is 3.50. The van der Waals surface area contributed by atoms with Crippen molar-refractivity contribution in [2.24, 2.45) is 0 Å². The van der Waals surface area contributed by atoms with Crippen LogP contribution < -0.4 is 0 Å². The van der Waals surface area contributed by atoms with Crippen LogP contribution in [-0.4, -0.2) is 19.6 Å². The number of aliphatic hydroxyl groups is 1. The van der Waals surface area contributed by atoms with Crippen molar-refractivity contribution in [3.05, 3.63) is 23.5 Å². The van der Waals surface area contributed by atoms with Crippen LogP contribution in [0.4, 0.5) is 0 Å². The number of terminal acetylenes is 1. The monoisotopic (exact) mass is 341 g/mol. The van der Waals surface area contributed by atoms with E-state index in [0.29, 0.717) is 6.04 Å². The summed E-state index contributed by atoms with van der Waals surface area (Å²) in [6, 6.07) is 2.51. The van der Waals surface area contributed by atoms with Crippen molar-refractivity contribution in [1.82, 2.24) is 14.5 Å². The first-order valence-electron chi connectivity index (χ1n) is 8.46. The Labute approximate surface area is 146 Å². The van der Waals surface area contributed by atoms with Crippen molar-refractivity contribution in [1.29, 1.82) is 0 Å². The molecule has 1 aliphatic carbocycles. The van der Waals surface area contributed by atoms with Gasteiger partial charge in [-0.3, -0.25) is 4.98 Å². The van der Waals surface area contributed by atoms with Gasteiger partial charge in [-0.1, -0.05) is 19.3 Å². The lowest BCUT2D eigenvalue weighted by Crippen LogP contribution is -2.16. The zero-order valence-corrected chi connectivity index (χ0v) is 15.0. The van der Waals surface area contributed by atoms with Crippen molar-refractivity contribution in [3.8, 4) is 12.3 Å². The Bertz CT molecular complexity index is 866. The highest BCUT2D eigenvalue weighted by Crippen LogP contribution is 2.37. The molecular weight excluding hydrogens is 318 g/mol. The highest BCUT2D eigenvalue weighted by molar-refractivity contribution is 7.18. The number of hydrogen-bond donors (Lipinski definition) is 1. The van der Waals surface area contributed by atoms with E-state index >= 15 is 0 Å². The zero-order chi connectivity index (χ0) is 17.1. The molecule has 1 aliphatic rings. The van der Waals surface area contributed by atoms with Crippen molar-refractivity contribution < 1.29 is 5.11 Å². The van der Waals surface area contributed by atoms with Gasteiger partial charge in [0.2, 0.25) is 0 Å². The van der Waals surface area contributed by atoms with Crippen LogP contribution in [0, 0.1) is 12.3 Å². The van der Waals surface area contributed by atoms with E-state index in [4.69, 9.17) is 0 Å². The van der Waals surface area contributed by atoms with Crippen LogP contribution in [0.5, 0.6) is 0 Å². The topological polar surface area (TPSA) is 50.9 Å². The molecule has 0 amide bonds. The normalized spacial score (nSPS) is 16.6. The molecule has 0 spiro atoms. The summed E-state index contributed by atoms with van der Waals surface area (Å²) in [4.78, 5) is 9.16. The Balaban J connectivity index is 0.000000526. The second-order valence-corrected chi connectivity index (χ2v) is 7.14. The van der Waals surface area contributed by atoms with Gasteiger partial charge < -0.3 is 9.67 Å². The quantitative estimate of drug-likeness (QED) is 0.678. The standard InChI is InChI=1S/C16H19N3OS.C3H4/c1-10(20)16-18-13-9-17-12-7-8-21-15(12)14(13)19(16)11-5-3-2-4-6-11;1-3-2/h7-11,20H,2-6H2,1H3;1H,2H3. The third-order valence-corrected chi connectivity index (χ3v) is 5.37. The molecule has 0 aromatic carbocycles.